The molecular formula is C22H34N2O2. The van der Waals surface area contributed by atoms with Crippen molar-refractivity contribution in [1.82, 2.24) is 9.80 Å². The molecule has 1 N–H and O–H groups in total. The average molecular weight is 359 g/mol. The Morgan fingerprint density at radius 2 is 1.88 bits per heavy atom. The highest BCUT2D eigenvalue weighted by atomic mass is 16.3. The molecule has 4 nitrogen and oxygen atoms in total. The molecule has 0 unspecified atom stereocenters. The second-order valence-electron chi connectivity index (χ2n) is 8.73. The van der Waals surface area contributed by atoms with Crippen molar-refractivity contribution in [2.45, 2.75) is 52.2 Å². The predicted octanol–water partition coefficient (Wildman–Crippen LogP) is 3.15. The topological polar surface area (TPSA) is 43.8 Å². The van der Waals surface area contributed by atoms with E-state index in [1.807, 2.05) is 18.7 Å². The fourth-order valence-corrected chi connectivity index (χ4v) is 4.52. The summed E-state index contributed by atoms with van der Waals surface area (Å²) in [4.78, 5) is 17.1. The minimum atomic E-state index is -0.727. The summed E-state index contributed by atoms with van der Waals surface area (Å²) in [6, 6.07) is 10.6. The van der Waals surface area contributed by atoms with Crippen LogP contribution in [-0.4, -0.2) is 52.6 Å². The van der Waals surface area contributed by atoms with Crippen molar-refractivity contribution < 1.29 is 9.90 Å². The van der Waals surface area contributed by atoms with Crippen molar-refractivity contribution in [3.8, 4) is 0 Å². The Kier molecular flexibility index (Phi) is 6.03. The maximum absolute atomic E-state index is 12.7. The van der Waals surface area contributed by atoms with Crippen LogP contribution < -0.4 is 0 Å². The molecule has 4 heteroatoms. The van der Waals surface area contributed by atoms with Gasteiger partial charge in [0, 0.05) is 32.0 Å². The van der Waals surface area contributed by atoms with Gasteiger partial charge in [-0.1, -0.05) is 51.1 Å². The van der Waals surface area contributed by atoms with Crippen LogP contribution in [0.4, 0.5) is 0 Å². The molecule has 2 heterocycles. The zero-order valence-electron chi connectivity index (χ0n) is 16.5. The van der Waals surface area contributed by atoms with Gasteiger partial charge in [-0.15, -0.1) is 0 Å². The number of amides is 1. The van der Waals surface area contributed by atoms with Crippen LogP contribution in [0.1, 0.15) is 45.6 Å². The maximum Gasteiger partial charge on any atom is 0.222 e. The molecule has 2 saturated heterocycles. The van der Waals surface area contributed by atoms with Gasteiger partial charge < -0.3 is 10.0 Å². The van der Waals surface area contributed by atoms with Gasteiger partial charge in [0.15, 0.2) is 0 Å². The summed E-state index contributed by atoms with van der Waals surface area (Å²) in [5.41, 5.74) is 0.635. The molecule has 1 aromatic rings. The Hall–Kier alpha value is -1.39. The second-order valence-corrected chi connectivity index (χ2v) is 8.73. The van der Waals surface area contributed by atoms with E-state index in [-0.39, 0.29) is 17.7 Å². The average Bonchev–Trinajstić information content (AvgIpc) is 2.94. The molecule has 1 amide bonds. The summed E-state index contributed by atoms with van der Waals surface area (Å²) in [5.74, 6) is 1.04. The van der Waals surface area contributed by atoms with Crippen molar-refractivity contribution in [3.63, 3.8) is 0 Å². The molecule has 0 bridgehead atoms. The zero-order chi connectivity index (χ0) is 18.7. The number of carbonyl (C=O) groups is 1. The van der Waals surface area contributed by atoms with Crippen LogP contribution in [0.3, 0.4) is 0 Å². The lowest BCUT2D eigenvalue weighted by Crippen LogP contribution is -2.43. The van der Waals surface area contributed by atoms with Gasteiger partial charge in [0.25, 0.3) is 0 Å². The van der Waals surface area contributed by atoms with Gasteiger partial charge in [-0.05, 0) is 43.3 Å². The summed E-state index contributed by atoms with van der Waals surface area (Å²) < 4.78 is 0. The fraction of sp³-hybridized carbons (Fsp3) is 0.682. The number of β-amino-alcohol motifs (C(OH)–C–C–N with tert-alkyl or cyclic N) is 1. The largest absolute Gasteiger partial charge is 0.387 e. The second kappa shape index (κ2) is 8.10. The van der Waals surface area contributed by atoms with E-state index in [1.54, 1.807) is 0 Å². The highest BCUT2D eigenvalue weighted by Crippen LogP contribution is 2.34. The lowest BCUT2D eigenvalue weighted by molar-refractivity contribution is -0.132. The van der Waals surface area contributed by atoms with E-state index in [9.17, 15) is 9.90 Å². The molecular weight excluding hydrogens is 324 g/mol. The Morgan fingerprint density at radius 1 is 1.23 bits per heavy atom. The number of aliphatic hydroxyl groups is 1. The van der Waals surface area contributed by atoms with Crippen molar-refractivity contribution in [1.29, 1.82) is 0 Å². The summed E-state index contributed by atoms with van der Waals surface area (Å²) >= 11 is 0. The molecule has 3 rings (SSSR count). The van der Waals surface area contributed by atoms with Gasteiger partial charge in [0.05, 0.1) is 5.60 Å². The molecule has 144 valence electrons. The number of hydrogen-bond donors (Lipinski definition) is 1. The van der Waals surface area contributed by atoms with Gasteiger partial charge in [0.1, 0.15) is 0 Å². The van der Waals surface area contributed by atoms with Crippen molar-refractivity contribution in [3.05, 3.63) is 35.9 Å². The molecule has 0 spiro atoms. The molecule has 0 aromatic heterocycles. The summed E-state index contributed by atoms with van der Waals surface area (Å²) in [6.45, 7) is 10.5. The van der Waals surface area contributed by atoms with E-state index in [0.717, 1.165) is 32.5 Å². The maximum atomic E-state index is 12.7. The van der Waals surface area contributed by atoms with Gasteiger partial charge in [0.2, 0.25) is 5.91 Å². The van der Waals surface area contributed by atoms with Crippen LogP contribution in [0.15, 0.2) is 30.3 Å². The third kappa shape index (κ3) is 4.29. The first-order valence-corrected chi connectivity index (χ1v) is 10.1. The van der Waals surface area contributed by atoms with E-state index in [4.69, 9.17) is 0 Å². The van der Waals surface area contributed by atoms with Gasteiger partial charge in [-0.2, -0.15) is 0 Å². The van der Waals surface area contributed by atoms with Crippen LogP contribution in [0.5, 0.6) is 0 Å². The highest BCUT2D eigenvalue weighted by Gasteiger charge is 2.46. The molecule has 0 radical (unpaired) electrons. The Bertz CT molecular complexity index is 595. The Morgan fingerprint density at radius 3 is 2.46 bits per heavy atom. The smallest absolute Gasteiger partial charge is 0.222 e. The van der Waals surface area contributed by atoms with Crippen LogP contribution in [0.25, 0.3) is 0 Å². The van der Waals surface area contributed by atoms with Gasteiger partial charge in [-0.25, -0.2) is 0 Å². The molecule has 1 aromatic carbocycles. The minimum absolute atomic E-state index is 0.152. The molecule has 2 aliphatic heterocycles. The molecule has 0 saturated carbocycles. The summed E-state index contributed by atoms with van der Waals surface area (Å²) in [5, 5.41) is 10.8. The molecule has 0 aliphatic carbocycles. The molecule has 26 heavy (non-hydrogen) atoms. The fourth-order valence-electron chi connectivity index (χ4n) is 4.52. The lowest BCUT2D eigenvalue weighted by atomic mass is 9.82. The molecule has 2 atom stereocenters. The number of benzene rings is 1. The standard InChI is InChI=1S/C22H34N2O2/c1-17(2)22(26)16-24(14-18(22)3)21(25)13-19-9-11-23(12-10-19)15-20-7-5-4-6-8-20/h4-8,17-19,26H,9-16H2,1-3H3/t18-,22-/m1/s1. The predicted molar refractivity (Wildman–Crippen MR) is 105 cm³/mol. The zero-order valence-corrected chi connectivity index (χ0v) is 16.5. The van der Waals surface area contributed by atoms with E-state index in [1.165, 1.54) is 5.56 Å². The number of carbonyl (C=O) groups excluding carboxylic acids is 1. The van der Waals surface area contributed by atoms with E-state index < -0.39 is 5.60 Å². The number of rotatable bonds is 5. The van der Waals surface area contributed by atoms with E-state index in [0.29, 0.717) is 25.4 Å². The van der Waals surface area contributed by atoms with Gasteiger partial charge in [-0.3, -0.25) is 9.69 Å². The SMILES string of the molecule is CC(C)[C@]1(O)CN(C(=O)CC2CCN(Cc3ccccc3)CC2)C[C@H]1C. The summed E-state index contributed by atoms with van der Waals surface area (Å²) in [6.07, 6.45) is 2.83. The van der Waals surface area contributed by atoms with Crippen LogP contribution in [0.2, 0.25) is 0 Å². The van der Waals surface area contributed by atoms with E-state index >= 15 is 0 Å². The number of piperidine rings is 1. The first kappa shape index (κ1) is 19.4. The summed E-state index contributed by atoms with van der Waals surface area (Å²) in [7, 11) is 0. The third-order valence-corrected chi connectivity index (χ3v) is 6.56. The highest BCUT2D eigenvalue weighted by molar-refractivity contribution is 5.77. The number of likely N-dealkylation sites (tertiary alicyclic amines) is 2. The van der Waals surface area contributed by atoms with Gasteiger partial charge >= 0.3 is 0 Å². The van der Waals surface area contributed by atoms with E-state index in [2.05, 4.69) is 42.2 Å². The van der Waals surface area contributed by atoms with Crippen LogP contribution in [-0.2, 0) is 11.3 Å². The van der Waals surface area contributed by atoms with Crippen molar-refractivity contribution >= 4 is 5.91 Å². The molecule has 2 aliphatic rings. The Balaban J connectivity index is 1.45. The lowest BCUT2D eigenvalue weighted by Gasteiger charge is -2.33. The third-order valence-electron chi connectivity index (χ3n) is 6.56. The van der Waals surface area contributed by atoms with Crippen molar-refractivity contribution in [2.24, 2.45) is 17.8 Å². The van der Waals surface area contributed by atoms with Crippen LogP contribution >= 0.6 is 0 Å². The first-order valence-electron chi connectivity index (χ1n) is 10.1. The quantitative estimate of drug-likeness (QED) is 0.879. The number of nitrogens with zero attached hydrogens (tertiary/aromatic N) is 2. The normalized spacial score (nSPS) is 28.0. The van der Waals surface area contributed by atoms with Crippen LogP contribution in [0, 0.1) is 17.8 Å². The first-order chi connectivity index (χ1) is 12.4. The Labute approximate surface area is 158 Å². The molecule has 2 fully saturated rings. The monoisotopic (exact) mass is 358 g/mol. The number of hydrogen-bond acceptors (Lipinski definition) is 3. The van der Waals surface area contributed by atoms with Crippen molar-refractivity contribution in [2.75, 3.05) is 26.2 Å². The minimum Gasteiger partial charge on any atom is -0.387 e.